The number of aromatic nitrogens is 3. The van der Waals surface area contributed by atoms with E-state index in [-0.39, 0.29) is 12.0 Å². The summed E-state index contributed by atoms with van der Waals surface area (Å²) in [4.78, 5) is 4.77. The van der Waals surface area contributed by atoms with Crippen molar-refractivity contribution >= 4 is 17.3 Å². The minimum atomic E-state index is 0.202. The number of nitrogens with zero attached hydrogens (tertiary/aromatic N) is 4. The molecule has 1 fully saturated rings. The fraction of sp³-hybridized carbons (Fsp3) is 0.423. The fourth-order valence-corrected chi connectivity index (χ4v) is 4.65. The second-order valence-corrected chi connectivity index (χ2v) is 9.03. The van der Waals surface area contributed by atoms with Gasteiger partial charge in [-0.15, -0.1) is 5.10 Å². The first-order valence-corrected chi connectivity index (χ1v) is 11.7. The predicted octanol–water partition coefficient (Wildman–Crippen LogP) is 4.28. The number of ether oxygens (including phenoxy) is 1. The van der Waals surface area contributed by atoms with Crippen LogP contribution in [0.1, 0.15) is 66.4 Å². The van der Waals surface area contributed by atoms with E-state index in [0.717, 1.165) is 66.8 Å². The molecule has 174 valence electrons. The highest BCUT2D eigenvalue weighted by atomic mass is 16.5. The lowest BCUT2D eigenvalue weighted by molar-refractivity contribution is 0.346. The Hall–Kier alpha value is -3.19. The summed E-state index contributed by atoms with van der Waals surface area (Å²) in [6.07, 6.45) is 5.45. The van der Waals surface area contributed by atoms with Gasteiger partial charge in [0.15, 0.2) is 5.65 Å². The van der Waals surface area contributed by atoms with Crippen LogP contribution in [0.25, 0.3) is 11.4 Å². The molecular formula is C26H34N6O. The van der Waals surface area contributed by atoms with Gasteiger partial charge in [0.2, 0.25) is 5.90 Å². The highest BCUT2D eigenvalue weighted by Gasteiger charge is 2.25. The lowest BCUT2D eigenvalue weighted by Gasteiger charge is -2.26. The summed E-state index contributed by atoms with van der Waals surface area (Å²) in [5.74, 6) is 6.94. The molecule has 2 heterocycles. The van der Waals surface area contributed by atoms with E-state index >= 15 is 0 Å². The zero-order valence-electron chi connectivity index (χ0n) is 19.8. The van der Waals surface area contributed by atoms with Crippen LogP contribution < -0.4 is 11.6 Å². The molecular weight excluding hydrogens is 412 g/mol. The van der Waals surface area contributed by atoms with Crippen molar-refractivity contribution in [3.05, 3.63) is 70.7 Å². The normalized spacial score (nSPS) is 19.1. The molecule has 1 aromatic carbocycles. The molecule has 0 aliphatic heterocycles. The van der Waals surface area contributed by atoms with Crippen molar-refractivity contribution in [3.63, 3.8) is 0 Å². The molecule has 0 saturated heterocycles. The van der Waals surface area contributed by atoms with Gasteiger partial charge in [0, 0.05) is 40.9 Å². The maximum absolute atomic E-state index is 6.02. The molecule has 7 nitrogen and oxygen atoms in total. The molecule has 4 rings (SSSR count). The van der Waals surface area contributed by atoms with Crippen molar-refractivity contribution < 1.29 is 4.74 Å². The quantitative estimate of drug-likeness (QED) is 0.193. The van der Waals surface area contributed by atoms with E-state index in [0.29, 0.717) is 11.7 Å². The van der Waals surface area contributed by atoms with Gasteiger partial charge in [0.05, 0.1) is 5.69 Å². The van der Waals surface area contributed by atoms with Crippen molar-refractivity contribution in [1.82, 2.24) is 14.6 Å². The highest BCUT2D eigenvalue weighted by molar-refractivity contribution is 5.84. The standard InChI is InChI=1S/C26H34N6O/c1-5-24-23(25-29-16(2)14-17(3)32(25)31-24)15-19-6-8-20(9-7-19)18(4)33-26(30-28)21-10-12-22(27)13-11-21/h6-9,14,21-22H,4-5,10-13,15,27-28H2,1-3H3/b30-26-. The van der Waals surface area contributed by atoms with Crippen molar-refractivity contribution in [2.24, 2.45) is 22.6 Å². The number of nitrogens with two attached hydrogens (primary N) is 2. The van der Waals surface area contributed by atoms with Gasteiger partial charge >= 0.3 is 0 Å². The largest absolute Gasteiger partial charge is 0.441 e. The van der Waals surface area contributed by atoms with E-state index in [2.05, 4.69) is 43.7 Å². The molecule has 0 radical (unpaired) electrons. The van der Waals surface area contributed by atoms with Crippen molar-refractivity contribution in [1.29, 1.82) is 0 Å². The molecule has 1 aliphatic rings. The third kappa shape index (κ3) is 4.93. The van der Waals surface area contributed by atoms with Gasteiger partial charge in [-0.3, -0.25) is 0 Å². The monoisotopic (exact) mass is 446 g/mol. The van der Waals surface area contributed by atoms with E-state index in [1.165, 1.54) is 11.1 Å². The predicted molar refractivity (Wildman–Crippen MR) is 133 cm³/mol. The summed E-state index contributed by atoms with van der Waals surface area (Å²) in [5, 5.41) is 8.70. The maximum Gasteiger partial charge on any atom is 0.214 e. The Bertz CT molecular complexity index is 1170. The summed E-state index contributed by atoms with van der Waals surface area (Å²) >= 11 is 0. The van der Waals surface area contributed by atoms with Gasteiger partial charge in [-0.25, -0.2) is 9.50 Å². The van der Waals surface area contributed by atoms with Crippen LogP contribution >= 0.6 is 0 Å². The molecule has 1 saturated carbocycles. The van der Waals surface area contributed by atoms with Gasteiger partial charge < -0.3 is 16.3 Å². The smallest absolute Gasteiger partial charge is 0.214 e. The topological polar surface area (TPSA) is 104 Å². The highest BCUT2D eigenvalue weighted by Crippen LogP contribution is 2.28. The Morgan fingerprint density at radius 3 is 2.52 bits per heavy atom. The number of benzene rings is 1. The second kappa shape index (κ2) is 9.75. The Balaban J connectivity index is 1.49. The van der Waals surface area contributed by atoms with Crippen LogP contribution in [0.4, 0.5) is 0 Å². The lowest BCUT2D eigenvalue weighted by atomic mass is 9.86. The van der Waals surface area contributed by atoms with Gasteiger partial charge in [0.1, 0.15) is 5.76 Å². The molecule has 3 aromatic rings. The Morgan fingerprint density at radius 1 is 1.18 bits per heavy atom. The van der Waals surface area contributed by atoms with Crippen LogP contribution in [0.15, 0.2) is 42.0 Å². The van der Waals surface area contributed by atoms with Gasteiger partial charge in [-0.1, -0.05) is 37.8 Å². The van der Waals surface area contributed by atoms with Crippen LogP contribution in [0.3, 0.4) is 0 Å². The number of rotatable bonds is 6. The molecule has 0 atom stereocenters. The summed E-state index contributed by atoms with van der Waals surface area (Å²) in [6.45, 7) is 10.3. The Kier molecular flexibility index (Phi) is 6.79. The summed E-state index contributed by atoms with van der Waals surface area (Å²) in [7, 11) is 0. The summed E-state index contributed by atoms with van der Waals surface area (Å²) in [5.41, 5.74) is 13.4. The van der Waals surface area contributed by atoms with Gasteiger partial charge in [-0.05, 0) is 57.6 Å². The molecule has 2 aromatic heterocycles. The third-order valence-corrected chi connectivity index (χ3v) is 6.54. The maximum atomic E-state index is 6.02. The summed E-state index contributed by atoms with van der Waals surface area (Å²) in [6, 6.07) is 10.6. The van der Waals surface area contributed by atoms with Crippen LogP contribution in [0.5, 0.6) is 0 Å². The third-order valence-electron chi connectivity index (χ3n) is 6.54. The van der Waals surface area contributed by atoms with Crippen molar-refractivity contribution in [3.8, 4) is 0 Å². The number of hydrogen-bond donors (Lipinski definition) is 2. The van der Waals surface area contributed by atoms with Gasteiger partial charge in [-0.2, -0.15) is 5.10 Å². The molecule has 1 aliphatic carbocycles. The zero-order valence-corrected chi connectivity index (χ0v) is 19.8. The van der Waals surface area contributed by atoms with Crippen molar-refractivity contribution in [2.75, 3.05) is 0 Å². The molecule has 33 heavy (non-hydrogen) atoms. The van der Waals surface area contributed by atoms with Gasteiger partial charge in [0.25, 0.3) is 0 Å². The number of fused-ring (bicyclic) bond motifs is 1. The SMILES string of the molecule is C=C(O/C(=N\N)C1CCC(N)CC1)c1ccc(Cc2c(CC)nn3c(C)cc(C)nc23)cc1. The summed E-state index contributed by atoms with van der Waals surface area (Å²) < 4.78 is 7.95. The first-order valence-electron chi connectivity index (χ1n) is 11.7. The minimum absolute atomic E-state index is 0.202. The zero-order chi connectivity index (χ0) is 23.5. The van der Waals surface area contributed by atoms with E-state index in [1.807, 2.05) is 23.6 Å². The van der Waals surface area contributed by atoms with E-state index in [4.69, 9.17) is 26.4 Å². The fourth-order valence-electron chi connectivity index (χ4n) is 4.65. The number of hydrazone groups is 1. The average molecular weight is 447 g/mol. The minimum Gasteiger partial charge on any atom is -0.441 e. The Morgan fingerprint density at radius 2 is 1.88 bits per heavy atom. The van der Waals surface area contributed by atoms with Crippen LogP contribution in [0.2, 0.25) is 0 Å². The molecule has 0 spiro atoms. The van der Waals surface area contributed by atoms with Crippen LogP contribution in [-0.2, 0) is 17.6 Å². The number of aryl methyl sites for hydroxylation is 3. The van der Waals surface area contributed by atoms with Crippen LogP contribution in [0, 0.1) is 19.8 Å². The number of hydrogen-bond acceptors (Lipinski definition) is 6. The molecule has 0 unspecified atom stereocenters. The van der Waals surface area contributed by atoms with E-state index < -0.39 is 0 Å². The molecule has 7 heteroatoms. The lowest BCUT2D eigenvalue weighted by Crippen LogP contribution is -2.31. The average Bonchev–Trinajstić information content (AvgIpc) is 3.16. The first kappa shape index (κ1) is 23.0. The van der Waals surface area contributed by atoms with Crippen LogP contribution in [-0.4, -0.2) is 26.5 Å². The van der Waals surface area contributed by atoms with E-state index in [1.54, 1.807) is 0 Å². The Labute approximate surface area is 195 Å². The molecule has 0 amide bonds. The first-order chi connectivity index (χ1) is 15.9. The van der Waals surface area contributed by atoms with E-state index in [9.17, 15) is 0 Å². The molecule has 4 N–H and O–H groups in total. The second-order valence-electron chi connectivity index (χ2n) is 9.03. The molecule has 0 bridgehead atoms. The van der Waals surface area contributed by atoms with Crippen molar-refractivity contribution in [2.45, 2.75) is 65.3 Å².